The van der Waals surface area contributed by atoms with Gasteiger partial charge in [0.05, 0.1) is 12.3 Å². The summed E-state index contributed by atoms with van der Waals surface area (Å²) in [4.78, 5) is 37.7. The minimum Gasteiger partial charge on any atom is -0.481 e. The zero-order valence-electron chi connectivity index (χ0n) is 18.8. The molecule has 2 amide bonds. The minimum absolute atomic E-state index is 0.0479. The summed E-state index contributed by atoms with van der Waals surface area (Å²) in [5.41, 5.74) is 4.01. The summed E-state index contributed by atoms with van der Waals surface area (Å²) >= 11 is 0. The van der Waals surface area contributed by atoms with Gasteiger partial charge in [0.1, 0.15) is 12.6 Å². The molecule has 2 N–H and O–H groups in total. The number of nitrogens with zero attached hydrogens (tertiary/aromatic N) is 1. The van der Waals surface area contributed by atoms with Crippen LogP contribution >= 0.6 is 0 Å². The Morgan fingerprint density at radius 3 is 2.23 bits per heavy atom. The summed E-state index contributed by atoms with van der Waals surface area (Å²) in [6.45, 7) is -0.549. The maximum atomic E-state index is 13.1. The van der Waals surface area contributed by atoms with Crippen molar-refractivity contribution in [2.24, 2.45) is 5.92 Å². The quantitative estimate of drug-likeness (QED) is 0.634. The first-order valence-electron chi connectivity index (χ1n) is 11.3. The van der Waals surface area contributed by atoms with Crippen LogP contribution in [0.15, 0.2) is 48.5 Å². The van der Waals surface area contributed by atoms with Gasteiger partial charge in [-0.2, -0.15) is 13.2 Å². The van der Waals surface area contributed by atoms with Crippen molar-refractivity contribution in [1.29, 1.82) is 0 Å². The van der Waals surface area contributed by atoms with E-state index in [1.54, 1.807) is 0 Å². The van der Waals surface area contributed by atoms with E-state index in [-0.39, 0.29) is 31.9 Å². The molecule has 0 spiro atoms. The Balaban J connectivity index is 1.42. The van der Waals surface area contributed by atoms with Gasteiger partial charge < -0.3 is 20.1 Å². The first-order chi connectivity index (χ1) is 16.6. The van der Waals surface area contributed by atoms with E-state index in [9.17, 15) is 32.7 Å². The fraction of sp³-hybridized carbons (Fsp3) is 0.400. The van der Waals surface area contributed by atoms with Crippen molar-refractivity contribution in [3.8, 4) is 11.1 Å². The van der Waals surface area contributed by atoms with Gasteiger partial charge in [0.15, 0.2) is 0 Å². The Kier molecular flexibility index (Phi) is 7.00. The summed E-state index contributed by atoms with van der Waals surface area (Å²) in [6, 6.07) is 13.9. The summed E-state index contributed by atoms with van der Waals surface area (Å²) in [7, 11) is 0. The summed E-state index contributed by atoms with van der Waals surface area (Å²) in [6.07, 6.45) is -6.19. The van der Waals surface area contributed by atoms with Crippen molar-refractivity contribution in [2.45, 2.75) is 37.4 Å². The molecule has 2 aliphatic rings. The number of benzene rings is 2. The zero-order valence-corrected chi connectivity index (χ0v) is 18.8. The lowest BCUT2D eigenvalue weighted by atomic mass is 9.96. The van der Waals surface area contributed by atoms with Crippen LogP contribution in [-0.2, 0) is 14.3 Å². The Labute approximate surface area is 199 Å². The van der Waals surface area contributed by atoms with Crippen LogP contribution < -0.4 is 5.32 Å². The molecule has 2 aromatic carbocycles. The number of likely N-dealkylation sites (tertiary alicyclic amines) is 1. The number of hydrogen-bond donors (Lipinski definition) is 2. The lowest BCUT2D eigenvalue weighted by Gasteiger charge is -2.35. The van der Waals surface area contributed by atoms with Crippen LogP contribution in [0, 0.1) is 5.92 Å². The number of carboxylic acids is 1. The lowest BCUT2D eigenvalue weighted by molar-refractivity contribution is -0.188. The van der Waals surface area contributed by atoms with Gasteiger partial charge in [-0.3, -0.25) is 9.59 Å². The predicted octanol–water partition coefficient (Wildman–Crippen LogP) is 4.17. The number of carbonyl (C=O) groups excluding carboxylic acids is 2. The lowest BCUT2D eigenvalue weighted by Crippen LogP contribution is -2.53. The predicted molar refractivity (Wildman–Crippen MR) is 120 cm³/mol. The fourth-order valence-electron chi connectivity index (χ4n) is 4.82. The first-order valence-corrected chi connectivity index (χ1v) is 11.3. The van der Waals surface area contributed by atoms with Gasteiger partial charge in [0.25, 0.3) is 0 Å². The SMILES string of the molecule is O=C(O)CC(NC(=O)OCC1c2ccccc2-c2ccccc21)C(=O)N1CCC[C@H](C(F)(F)F)C1. The summed E-state index contributed by atoms with van der Waals surface area (Å²) < 4.78 is 44.8. The number of aliphatic carboxylic acids is 1. The third kappa shape index (κ3) is 5.41. The Bertz CT molecular complexity index is 1070. The van der Waals surface area contributed by atoms with Gasteiger partial charge in [-0.15, -0.1) is 0 Å². The zero-order chi connectivity index (χ0) is 25.2. The average molecular weight is 490 g/mol. The molecule has 2 atom stereocenters. The number of piperidine rings is 1. The molecule has 186 valence electrons. The van der Waals surface area contributed by atoms with E-state index in [4.69, 9.17) is 4.74 Å². The van der Waals surface area contributed by atoms with E-state index in [2.05, 4.69) is 5.32 Å². The number of halogens is 3. The Hall–Kier alpha value is -3.56. The molecule has 1 fully saturated rings. The number of nitrogens with one attached hydrogen (secondary N) is 1. The second kappa shape index (κ2) is 9.97. The molecule has 1 saturated heterocycles. The standard InChI is InChI=1S/C25H25F3N2O5/c26-25(27,28)15-6-5-11-30(13-15)23(33)21(12-22(31)32)29-24(34)35-14-20-18-9-3-1-7-16(18)17-8-2-4-10-19(17)20/h1-4,7-10,15,20-21H,5-6,11-14H2,(H,29,34)(H,31,32)/t15-,21?/m0/s1. The molecule has 1 aliphatic heterocycles. The van der Waals surface area contributed by atoms with Crippen LogP contribution in [0.25, 0.3) is 11.1 Å². The molecular weight excluding hydrogens is 465 g/mol. The van der Waals surface area contributed by atoms with Crippen LogP contribution in [0.3, 0.4) is 0 Å². The number of alkyl halides is 3. The fourth-order valence-corrected chi connectivity index (χ4v) is 4.82. The van der Waals surface area contributed by atoms with Crippen LogP contribution in [0.4, 0.5) is 18.0 Å². The molecule has 35 heavy (non-hydrogen) atoms. The third-order valence-electron chi connectivity index (χ3n) is 6.51. The normalized spacial score (nSPS) is 18.4. The number of ether oxygens (including phenoxy) is 1. The van der Waals surface area contributed by atoms with Gasteiger partial charge in [-0.1, -0.05) is 48.5 Å². The van der Waals surface area contributed by atoms with Crippen LogP contribution in [0.5, 0.6) is 0 Å². The number of amides is 2. The monoisotopic (exact) mass is 490 g/mol. The Morgan fingerprint density at radius 1 is 1.06 bits per heavy atom. The number of hydrogen-bond acceptors (Lipinski definition) is 4. The van der Waals surface area contributed by atoms with E-state index in [0.29, 0.717) is 0 Å². The molecule has 0 radical (unpaired) electrons. The van der Waals surface area contributed by atoms with E-state index in [1.807, 2.05) is 48.5 Å². The molecule has 2 aromatic rings. The van der Waals surface area contributed by atoms with E-state index in [0.717, 1.165) is 27.2 Å². The highest BCUT2D eigenvalue weighted by molar-refractivity contribution is 5.89. The second-order valence-corrected chi connectivity index (χ2v) is 8.79. The van der Waals surface area contributed by atoms with Crippen molar-refractivity contribution in [3.05, 3.63) is 59.7 Å². The van der Waals surface area contributed by atoms with Crippen molar-refractivity contribution in [2.75, 3.05) is 19.7 Å². The molecule has 1 unspecified atom stereocenters. The van der Waals surface area contributed by atoms with Gasteiger partial charge in [-0.05, 0) is 35.1 Å². The van der Waals surface area contributed by atoms with Gasteiger partial charge in [-0.25, -0.2) is 4.79 Å². The number of alkyl carbamates (subject to hydrolysis) is 1. The summed E-state index contributed by atoms with van der Waals surface area (Å²) in [5, 5.41) is 11.5. The van der Waals surface area contributed by atoms with Crippen molar-refractivity contribution >= 4 is 18.0 Å². The number of carbonyl (C=O) groups is 3. The molecule has 0 aromatic heterocycles. The van der Waals surface area contributed by atoms with Crippen molar-refractivity contribution in [3.63, 3.8) is 0 Å². The molecule has 0 bridgehead atoms. The highest BCUT2D eigenvalue weighted by atomic mass is 19.4. The Morgan fingerprint density at radius 2 is 1.66 bits per heavy atom. The van der Waals surface area contributed by atoms with Crippen molar-refractivity contribution in [1.82, 2.24) is 10.2 Å². The third-order valence-corrected chi connectivity index (χ3v) is 6.51. The number of carboxylic acid groups (broad SMARTS) is 1. The van der Waals surface area contributed by atoms with Crippen molar-refractivity contribution < 1.29 is 37.4 Å². The van der Waals surface area contributed by atoms with E-state index < -0.39 is 49.1 Å². The highest BCUT2D eigenvalue weighted by Gasteiger charge is 2.43. The van der Waals surface area contributed by atoms with Gasteiger partial charge in [0, 0.05) is 19.0 Å². The maximum Gasteiger partial charge on any atom is 0.407 e. The molecular formula is C25H25F3N2O5. The molecule has 10 heteroatoms. The molecule has 1 aliphatic carbocycles. The maximum absolute atomic E-state index is 13.1. The van der Waals surface area contributed by atoms with Crippen LogP contribution in [-0.4, -0.2) is 59.9 Å². The minimum atomic E-state index is -4.46. The highest BCUT2D eigenvalue weighted by Crippen LogP contribution is 2.44. The number of fused-ring (bicyclic) bond motifs is 3. The topological polar surface area (TPSA) is 95.9 Å². The smallest absolute Gasteiger partial charge is 0.407 e. The second-order valence-electron chi connectivity index (χ2n) is 8.79. The first kappa shape index (κ1) is 24.6. The molecule has 1 heterocycles. The van der Waals surface area contributed by atoms with Gasteiger partial charge >= 0.3 is 18.2 Å². The molecule has 7 nitrogen and oxygen atoms in total. The average Bonchev–Trinajstić information content (AvgIpc) is 3.15. The van der Waals surface area contributed by atoms with E-state index in [1.165, 1.54) is 0 Å². The largest absolute Gasteiger partial charge is 0.481 e. The molecule has 0 saturated carbocycles. The summed E-state index contributed by atoms with van der Waals surface area (Å²) in [5.74, 6) is -4.15. The van der Waals surface area contributed by atoms with E-state index >= 15 is 0 Å². The number of rotatable bonds is 6. The van der Waals surface area contributed by atoms with Crippen LogP contribution in [0.2, 0.25) is 0 Å². The van der Waals surface area contributed by atoms with Gasteiger partial charge in [0.2, 0.25) is 5.91 Å². The van der Waals surface area contributed by atoms with Crippen LogP contribution in [0.1, 0.15) is 36.3 Å². The molecule has 4 rings (SSSR count).